The van der Waals surface area contributed by atoms with Gasteiger partial charge in [-0.3, -0.25) is 4.99 Å². The number of rotatable bonds is 4. The molecule has 1 aromatic rings. The van der Waals surface area contributed by atoms with Crippen molar-refractivity contribution in [1.29, 1.82) is 0 Å². The monoisotopic (exact) mass is 357 g/mol. The minimum absolute atomic E-state index is 0.249. The molecule has 1 saturated heterocycles. The second-order valence-corrected chi connectivity index (χ2v) is 6.11. The molecule has 0 spiro atoms. The van der Waals surface area contributed by atoms with Crippen molar-refractivity contribution in [2.75, 3.05) is 33.9 Å². The number of nitrogens with one attached hydrogen (secondary N) is 1. The molecule has 1 aliphatic rings. The van der Waals surface area contributed by atoms with Gasteiger partial charge in [-0.05, 0) is 40.0 Å². The molecule has 1 heterocycles. The molecule has 1 N–H and O–H groups in total. The first-order valence-corrected chi connectivity index (χ1v) is 7.83. The van der Waals surface area contributed by atoms with E-state index in [0.717, 1.165) is 37.7 Å². The van der Waals surface area contributed by atoms with Crippen LogP contribution in [0.4, 0.5) is 4.39 Å². The minimum Gasteiger partial charge on any atom is -0.381 e. The zero-order valence-electron chi connectivity index (χ0n) is 12.4. The van der Waals surface area contributed by atoms with Gasteiger partial charge in [-0.25, -0.2) is 4.39 Å². The number of benzene rings is 1. The fraction of sp³-hybridized carbons (Fsp3) is 0.533. The first-order chi connectivity index (χ1) is 10.1. The number of hydrogen-bond donors (Lipinski definition) is 1. The lowest BCUT2D eigenvalue weighted by molar-refractivity contribution is 0.181. The minimum atomic E-state index is -0.249. The van der Waals surface area contributed by atoms with Crippen LogP contribution in [-0.4, -0.2) is 44.7 Å². The standard InChI is InChI=1S/C15H21BrFN3O/c1-18-15(20(2)9-12-5-6-21-10-12)19-8-11-3-4-13(16)14(17)7-11/h3-4,7,12H,5-6,8-10H2,1-2H3,(H,18,19). The SMILES string of the molecule is CN=C(NCc1ccc(Br)c(F)c1)N(C)CC1CCOC1. The molecule has 1 atom stereocenters. The van der Waals surface area contributed by atoms with Gasteiger partial charge in [0.05, 0.1) is 11.1 Å². The number of aliphatic imine (C=N–C) groups is 1. The van der Waals surface area contributed by atoms with Gasteiger partial charge < -0.3 is 15.0 Å². The highest BCUT2D eigenvalue weighted by atomic mass is 79.9. The average Bonchev–Trinajstić information content (AvgIpc) is 2.96. The van der Waals surface area contributed by atoms with Crippen molar-refractivity contribution in [3.63, 3.8) is 0 Å². The molecule has 1 aromatic carbocycles. The summed E-state index contributed by atoms with van der Waals surface area (Å²) in [4.78, 5) is 6.36. The lowest BCUT2D eigenvalue weighted by Crippen LogP contribution is -2.41. The highest BCUT2D eigenvalue weighted by Gasteiger charge is 2.19. The third-order valence-corrected chi connectivity index (χ3v) is 4.21. The highest BCUT2D eigenvalue weighted by molar-refractivity contribution is 9.10. The second kappa shape index (κ2) is 7.75. The van der Waals surface area contributed by atoms with Gasteiger partial charge in [0.15, 0.2) is 5.96 Å². The van der Waals surface area contributed by atoms with E-state index in [-0.39, 0.29) is 5.82 Å². The summed E-state index contributed by atoms with van der Waals surface area (Å²) >= 11 is 3.16. The maximum Gasteiger partial charge on any atom is 0.193 e. The molecular formula is C15H21BrFN3O. The number of ether oxygens (including phenoxy) is 1. The van der Waals surface area contributed by atoms with Crippen LogP contribution in [0.15, 0.2) is 27.7 Å². The summed E-state index contributed by atoms with van der Waals surface area (Å²) in [6.07, 6.45) is 1.10. The number of guanidine groups is 1. The molecule has 1 aliphatic heterocycles. The van der Waals surface area contributed by atoms with Crippen molar-refractivity contribution in [1.82, 2.24) is 10.2 Å². The Morgan fingerprint density at radius 2 is 2.38 bits per heavy atom. The van der Waals surface area contributed by atoms with Crippen LogP contribution < -0.4 is 5.32 Å². The average molecular weight is 358 g/mol. The molecular weight excluding hydrogens is 337 g/mol. The number of nitrogens with zero attached hydrogens (tertiary/aromatic N) is 2. The van der Waals surface area contributed by atoms with Crippen LogP contribution in [0, 0.1) is 11.7 Å². The van der Waals surface area contributed by atoms with E-state index in [4.69, 9.17) is 4.74 Å². The molecule has 0 saturated carbocycles. The van der Waals surface area contributed by atoms with Gasteiger partial charge >= 0.3 is 0 Å². The van der Waals surface area contributed by atoms with Crippen LogP contribution in [-0.2, 0) is 11.3 Å². The van der Waals surface area contributed by atoms with Crippen molar-refractivity contribution < 1.29 is 9.13 Å². The van der Waals surface area contributed by atoms with Crippen molar-refractivity contribution in [2.45, 2.75) is 13.0 Å². The predicted octanol–water partition coefficient (Wildman–Crippen LogP) is 2.63. The maximum absolute atomic E-state index is 13.5. The Bertz CT molecular complexity index is 504. The van der Waals surface area contributed by atoms with Crippen LogP contribution in [0.2, 0.25) is 0 Å². The third-order valence-electron chi connectivity index (χ3n) is 3.56. The van der Waals surface area contributed by atoms with E-state index in [9.17, 15) is 4.39 Å². The molecule has 0 aliphatic carbocycles. The van der Waals surface area contributed by atoms with Crippen molar-refractivity contribution in [2.24, 2.45) is 10.9 Å². The van der Waals surface area contributed by atoms with Gasteiger partial charge in [0.25, 0.3) is 0 Å². The Hall–Kier alpha value is -1.14. The van der Waals surface area contributed by atoms with E-state index in [2.05, 4.69) is 31.1 Å². The summed E-state index contributed by atoms with van der Waals surface area (Å²) in [5.41, 5.74) is 0.884. The molecule has 0 amide bonds. The molecule has 2 rings (SSSR count). The summed E-state index contributed by atoms with van der Waals surface area (Å²) in [5.74, 6) is 1.12. The Morgan fingerprint density at radius 3 is 3.00 bits per heavy atom. The molecule has 1 fully saturated rings. The molecule has 21 heavy (non-hydrogen) atoms. The molecule has 0 aromatic heterocycles. The molecule has 4 nitrogen and oxygen atoms in total. The van der Waals surface area contributed by atoms with Crippen molar-refractivity contribution >= 4 is 21.9 Å². The zero-order chi connectivity index (χ0) is 15.2. The quantitative estimate of drug-likeness (QED) is 0.664. The topological polar surface area (TPSA) is 36.9 Å². The fourth-order valence-corrected chi connectivity index (χ4v) is 2.66. The molecule has 1 unspecified atom stereocenters. The first kappa shape index (κ1) is 16.2. The van der Waals surface area contributed by atoms with Crippen LogP contribution in [0.3, 0.4) is 0 Å². The van der Waals surface area contributed by atoms with E-state index >= 15 is 0 Å². The lowest BCUT2D eigenvalue weighted by atomic mass is 10.1. The van der Waals surface area contributed by atoms with Gasteiger partial charge in [0, 0.05) is 39.7 Å². The predicted molar refractivity (Wildman–Crippen MR) is 85.9 cm³/mol. The summed E-state index contributed by atoms with van der Waals surface area (Å²) in [6, 6.07) is 5.13. The van der Waals surface area contributed by atoms with Gasteiger partial charge in [-0.15, -0.1) is 0 Å². The van der Waals surface area contributed by atoms with E-state index in [0.29, 0.717) is 16.9 Å². The second-order valence-electron chi connectivity index (χ2n) is 5.26. The Balaban J connectivity index is 1.88. The van der Waals surface area contributed by atoms with E-state index < -0.39 is 0 Å². The summed E-state index contributed by atoms with van der Waals surface area (Å²) in [7, 11) is 3.77. The Kier molecular flexibility index (Phi) is 5.99. The highest BCUT2D eigenvalue weighted by Crippen LogP contribution is 2.16. The molecule has 0 bridgehead atoms. The van der Waals surface area contributed by atoms with E-state index in [1.807, 2.05) is 13.1 Å². The molecule has 6 heteroatoms. The van der Waals surface area contributed by atoms with Crippen molar-refractivity contribution in [3.05, 3.63) is 34.1 Å². The van der Waals surface area contributed by atoms with E-state index in [1.54, 1.807) is 13.1 Å². The first-order valence-electron chi connectivity index (χ1n) is 7.03. The Morgan fingerprint density at radius 1 is 1.57 bits per heavy atom. The normalized spacial score (nSPS) is 18.9. The Labute approximate surface area is 133 Å². The number of halogens is 2. The smallest absolute Gasteiger partial charge is 0.193 e. The van der Waals surface area contributed by atoms with Crippen LogP contribution in [0.5, 0.6) is 0 Å². The largest absolute Gasteiger partial charge is 0.381 e. The lowest BCUT2D eigenvalue weighted by Gasteiger charge is -2.24. The van der Waals surface area contributed by atoms with Gasteiger partial charge in [-0.2, -0.15) is 0 Å². The fourth-order valence-electron chi connectivity index (χ4n) is 2.42. The van der Waals surface area contributed by atoms with Crippen LogP contribution >= 0.6 is 15.9 Å². The third kappa shape index (κ3) is 4.68. The zero-order valence-corrected chi connectivity index (χ0v) is 14.0. The summed E-state index contributed by atoms with van der Waals surface area (Å²) in [6.45, 7) is 3.12. The van der Waals surface area contributed by atoms with Crippen LogP contribution in [0.25, 0.3) is 0 Å². The van der Waals surface area contributed by atoms with Gasteiger partial charge in [0.2, 0.25) is 0 Å². The summed E-state index contributed by atoms with van der Waals surface area (Å²) in [5, 5.41) is 3.26. The maximum atomic E-state index is 13.5. The van der Waals surface area contributed by atoms with Gasteiger partial charge in [0.1, 0.15) is 5.82 Å². The van der Waals surface area contributed by atoms with Crippen LogP contribution in [0.1, 0.15) is 12.0 Å². The number of hydrogen-bond acceptors (Lipinski definition) is 2. The van der Waals surface area contributed by atoms with Crippen molar-refractivity contribution in [3.8, 4) is 0 Å². The molecule has 0 radical (unpaired) electrons. The van der Waals surface area contributed by atoms with E-state index in [1.165, 1.54) is 6.07 Å². The summed E-state index contributed by atoms with van der Waals surface area (Å²) < 4.78 is 19.4. The molecule has 116 valence electrons. The van der Waals surface area contributed by atoms with Gasteiger partial charge in [-0.1, -0.05) is 6.07 Å².